The third kappa shape index (κ3) is 1.86. The second kappa shape index (κ2) is 3.96. The maximum Gasteiger partial charge on any atom is 0.407 e. The molecule has 5 nitrogen and oxygen atoms in total. The summed E-state index contributed by atoms with van der Waals surface area (Å²) >= 11 is 0. The summed E-state index contributed by atoms with van der Waals surface area (Å²) in [7, 11) is 0. The zero-order valence-corrected chi connectivity index (χ0v) is 9.44. The van der Waals surface area contributed by atoms with Gasteiger partial charge >= 0.3 is 12.1 Å². The van der Waals surface area contributed by atoms with Gasteiger partial charge in [0.05, 0.1) is 12.5 Å². The summed E-state index contributed by atoms with van der Waals surface area (Å²) < 4.78 is 5.00. The van der Waals surface area contributed by atoms with Crippen LogP contribution in [-0.4, -0.2) is 41.8 Å². The highest BCUT2D eigenvalue weighted by atomic mass is 16.5. The molecule has 0 aromatic carbocycles. The van der Waals surface area contributed by atoms with Gasteiger partial charge in [-0.15, -0.1) is 0 Å². The second-order valence-electron chi connectivity index (χ2n) is 4.64. The molecular weight excluding hydrogens is 210 g/mol. The molecule has 1 amide bonds. The maximum absolute atomic E-state index is 11.5. The normalized spacial score (nSPS) is 26.6. The Hall–Kier alpha value is -1.26. The number of piperidine rings is 1. The minimum atomic E-state index is -0.858. The number of amides is 1. The van der Waals surface area contributed by atoms with Gasteiger partial charge < -0.3 is 14.7 Å². The first-order valence-electron chi connectivity index (χ1n) is 5.73. The summed E-state index contributed by atoms with van der Waals surface area (Å²) in [5.74, 6) is -0.0883. The number of nitrogens with zero attached hydrogens (tertiary/aromatic N) is 1. The van der Waals surface area contributed by atoms with E-state index in [1.165, 1.54) is 4.90 Å². The molecule has 1 aliphatic carbocycles. The van der Waals surface area contributed by atoms with Crippen molar-refractivity contribution in [2.24, 2.45) is 11.3 Å². The van der Waals surface area contributed by atoms with Gasteiger partial charge in [-0.3, -0.25) is 4.79 Å². The van der Waals surface area contributed by atoms with Gasteiger partial charge in [-0.05, 0) is 31.6 Å². The van der Waals surface area contributed by atoms with Crippen molar-refractivity contribution >= 4 is 12.1 Å². The van der Waals surface area contributed by atoms with Crippen molar-refractivity contribution in [3.63, 3.8) is 0 Å². The third-order valence-electron chi connectivity index (χ3n) is 3.79. The minimum absolute atomic E-state index is 0.0170. The van der Waals surface area contributed by atoms with Gasteiger partial charge in [0, 0.05) is 13.1 Å². The van der Waals surface area contributed by atoms with Crippen LogP contribution in [0.3, 0.4) is 0 Å². The number of likely N-dealkylation sites (tertiary alicyclic amines) is 1. The number of rotatable bonds is 2. The second-order valence-corrected chi connectivity index (χ2v) is 4.64. The molecule has 1 spiro atoms. The third-order valence-corrected chi connectivity index (χ3v) is 3.79. The van der Waals surface area contributed by atoms with E-state index in [9.17, 15) is 9.59 Å². The first-order chi connectivity index (χ1) is 7.59. The van der Waals surface area contributed by atoms with E-state index in [0.717, 1.165) is 19.3 Å². The number of hydrogen-bond donors (Lipinski definition) is 1. The molecule has 16 heavy (non-hydrogen) atoms. The first-order valence-corrected chi connectivity index (χ1v) is 5.73. The molecule has 1 N–H and O–H groups in total. The zero-order valence-electron chi connectivity index (χ0n) is 9.44. The van der Waals surface area contributed by atoms with Crippen molar-refractivity contribution in [3.8, 4) is 0 Å². The summed E-state index contributed by atoms with van der Waals surface area (Å²) in [5.41, 5.74) is 0.0538. The number of hydrogen-bond acceptors (Lipinski definition) is 3. The van der Waals surface area contributed by atoms with E-state index >= 15 is 0 Å². The lowest BCUT2D eigenvalue weighted by molar-refractivity contribution is -0.145. The largest absolute Gasteiger partial charge is 0.466 e. The summed E-state index contributed by atoms with van der Waals surface area (Å²) in [6, 6.07) is 0. The molecule has 1 heterocycles. The molecule has 2 rings (SSSR count). The van der Waals surface area contributed by atoms with E-state index in [1.807, 2.05) is 0 Å². The van der Waals surface area contributed by atoms with E-state index < -0.39 is 6.09 Å². The number of esters is 1. The highest BCUT2D eigenvalue weighted by molar-refractivity contribution is 5.77. The fraction of sp³-hybridized carbons (Fsp3) is 0.818. The lowest BCUT2D eigenvalue weighted by atomic mass is 9.91. The van der Waals surface area contributed by atoms with Crippen LogP contribution in [0.5, 0.6) is 0 Å². The standard InChI is InChI=1S/C11H17NO4/c1-2-16-9(13)8-7-11(8)3-5-12(6-4-11)10(14)15/h8H,2-7H2,1H3,(H,14,15). The van der Waals surface area contributed by atoms with Crippen LogP contribution in [0.4, 0.5) is 4.79 Å². The van der Waals surface area contributed by atoms with Crippen LogP contribution >= 0.6 is 0 Å². The molecule has 1 unspecified atom stereocenters. The van der Waals surface area contributed by atoms with Crippen LogP contribution in [0, 0.1) is 11.3 Å². The van der Waals surface area contributed by atoms with Gasteiger partial charge in [-0.2, -0.15) is 0 Å². The van der Waals surface area contributed by atoms with Gasteiger partial charge in [0.15, 0.2) is 0 Å². The first kappa shape index (κ1) is 11.2. The molecule has 0 bridgehead atoms. The van der Waals surface area contributed by atoms with Crippen LogP contribution in [-0.2, 0) is 9.53 Å². The van der Waals surface area contributed by atoms with Crippen molar-refractivity contribution in [1.29, 1.82) is 0 Å². The van der Waals surface area contributed by atoms with E-state index in [2.05, 4.69) is 0 Å². The van der Waals surface area contributed by atoms with Gasteiger partial charge in [-0.25, -0.2) is 4.79 Å². The van der Waals surface area contributed by atoms with Gasteiger partial charge in [0.25, 0.3) is 0 Å². The predicted molar refractivity (Wildman–Crippen MR) is 56.0 cm³/mol. The lowest BCUT2D eigenvalue weighted by Crippen LogP contribution is -2.39. The fourth-order valence-corrected chi connectivity index (χ4v) is 2.62. The summed E-state index contributed by atoms with van der Waals surface area (Å²) in [6.45, 7) is 3.32. The molecular formula is C11H17NO4. The molecule has 1 aliphatic heterocycles. The number of carboxylic acid groups (broad SMARTS) is 1. The number of carbonyl (C=O) groups is 2. The van der Waals surface area contributed by atoms with Gasteiger partial charge in [0.1, 0.15) is 0 Å². The van der Waals surface area contributed by atoms with Crippen LogP contribution in [0.25, 0.3) is 0 Å². The highest BCUT2D eigenvalue weighted by Gasteiger charge is 2.59. The molecule has 1 saturated carbocycles. The van der Waals surface area contributed by atoms with Crippen molar-refractivity contribution in [3.05, 3.63) is 0 Å². The van der Waals surface area contributed by atoms with Crippen molar-refractivity contribution in [2.75, 3.05) is 19.7 Å². The summed E-state index contributed by atoms with van der Waals surface area (Å²) in [4.78, 5) is 23.7. The Labute approximate surface area is 94.4 Å². The SMILES string of the molecule is CCOC(=O)C1CC12CCN(C(=O)O)CC2. The summed E-state index contributed by atoms with van der Waals surface area (Å²) in [6.07, 6.45) is 1.60. The van der Waals surface area contributed by atoms with E-state index in [-0.39, 0.29) is 17.3 Å². The van der Waals surface area contributed by atoms with Crippen LogP contribution in [0.2, 0.25) is 0 Å². The maximum atomic E-state index is 11.5. The number of ether oxygens (including phenoxy) is 1. The molecule has 90 valence electrons. The Morgan fingerprint density at radius 1 is 1.44 bits per heavy atom. The molecule has 0 radical (unpaired) electrons. The smallest absolute Gasteiger partial charge is 0.407 e. The van der Waals surface area contributed by atoms with E-state index in [1.54, 1.807) is 6.92 Å². The molecule has 1 saturated heterocycles. The highest BCUT2D eigenvalue weighted by Crippen LogP contribution is 2.59. The van der Waals surface area contributed by atoms with Gasteiger partial charge in [0.2, 0.25) is 0 Å². The Kier molecular flexibility index (Phi) is 2.78. The predicted octanol–water partition coefficient (Wildman–Crippen LogP) is 1.33. The average molecular weight is 227 g/mol. The molecule has 2 fully saturated rings. The van der Waals surface area contributed by atoms with E-state index in [4.69, 9.17) is 9.84 Å². The fourth-order valence-electron chi connectivity index (χ4n) is 2.62. The lowest BCUT2D eigenvalue weighted by Gasteiger charge is -2.30. The Balaban J connectivity index is 1.86. The number of carbonyl (C=O) groups excluding carboxylic acids is 1. The van der Waals surface area contributed by atoms with Crippen LogP contribution in [0.1, 0.15) is 26.2 Å². The average Bonchev–Trinajstić information content (AvgIpc) is 2.93. The Morgan fingerprint density at radius 3 is 2.56 bits per heavy atom. The minimum Gasteiger partial charge on any atom is -0.466 e. The molecule has 1 atom stereocenters. The molecule has 0 aromatic rings. The molecule has 0 aromatic heterocycles. The van der Waals surface area contributed by atoms with Gasteiger partial charge in [-0.1, -0.05) is 0 Å². The van der Waals surface area contributed by atoms with Crippen molar-refractivity contribution < 1.29 is 19.4 Å². The summed E-state index contributed by atoms with van der Waals surface area (Å²) in [5, 5.41) is 8.82. The zero-order chi connectivity index (χ0) is 11.8. The molecule has 5 heteroatoms. The van der Waals surface area contributed by atoms with Crippen molar-refractivity contribution in [1.82, 2.24) is 4.90 Å². The molecule has 2 aliphatic rings. The van der Waals surface area contributed by atoms with Crippen LogP contribution < -0.4 is 0 Å². The van der Waals surface area contributed by atoms with Crippen molar-refractivity contribution in [2.45, 2.75) is 26.2 Å². The Bertz CT molecular complexity index is 307. The van der Waals surface area contributed by atoms with Crippen LogP contribution in [0.15, 0.2) is 0 Å². The monoisotopic (exact) mass is 227 g/mol. The van der Waals surface area contributed by atoms with E-state index in [0.29, 0.717) is 19.7 Å². The quantitative estimate of drug-likeness (QED) is 0.723. The Morgan fingerprint density at radius 2 is 2.06 bits per heavy atom. The topological polar surface area (TPSA) is 66.8 Å².